The summed E-state index contributed by atoms with van der Waals surface area (Å²) in [4.78, 5) is 13.1. The molecule has 2 unspecified atom stereocenters. The molecule has 20 heavy (non-hydrogen) atoms. The molecule has 0 aliphatic carbocycles. The molecule has 0 radical (unpaired) electrons. The maximum absolute atomic E-state index is 11.4. The first kappa shape index (κ1) is 14.6. The Morgan fingerprint density at radius 3 is 2.60 bits per heavy atom. The number of hydrogen-bond acceptors (Lipinski definition) is 5. The lowest BCUT2D eigenvalue weighted by Gasteiger charge is -2.37. The zero-order valence-corrected chi connectivity index (χ0v) is 12.1. The van der Waals surface area contributed by atoms with Gasteiger partial charge in [-0.15, -0.1) is 0 Å². The average Bonchev–Trinajstić information content (AvgIpc) is 2.37. The van der Waals surface area contributed by atoms with Crippen molar-refractivity contribution in [2.45, 2.75) is 32.9 Å². The van der Waals surface area contributed by atoms with Crippen LogP contribution in [0.15, 0.2) is 18.2 Å². The quantitative estimate of drug-likeness (QED) is 0.676. The lowest BCUT2D eigenvalue weighted by molar-refractivity contribution is -0.385. The molecule has 0 amide bonds. The van der Waals surface area contributed by atoms with E-state index in [-0.39, 0.29) is 10.6 Å². The molecule has 2 atom stereocenters. The second-order valence-corrected chi connectivity index (χ2v) is 5.19. The van der Waals surface area contributed by atoms with Crippen LogP contribution in [-0.4, -0.2) is 36.7 Å². The summed E-state index contributed by atoms with van der Waals surface area (Å²) in [5.74, 6) is 0.342. The third-order valence-electron chi connectivity index (χ3n) is 3.36. The van der Waals surface area contributed by atoms with Crippen molar-refractivity contribution in [2.75, 3.05) is 24.6 Å². The van der Waals surface area contributed by atoms with Crippen molar-refractivity contribution in [3.8, 4) is 5.75 Å². The number of nitrogens with one attached hydrogen (secondary N) is 1. The van der Waals surface area contributed by atoms with Crippen LogP contribution in [0.2, 0.25) is 0 Å². The fraction of sp³-hybridized carbons (Fsp3) is 0.571. The van der Waals surface area contributed by atoms with Gasteiger partial charge in [-0.1, -0.05) is 6.07 Å². The number of para-hydroxylation sites is 1. The molecule has 1 heterocycles. The van der Waals surface area contributed by atoms with E-state index in [1.165, 1.54) is 0 Å². The number of benzene rings is 1. The second-order valence-electron chi connectivity index (χ2n) is 5.19. The van der Waals surface area contributed by atoms with Gasteiger partial charge in [0.2, 0.25) is 0 Å². The Kier molecular flexibility index (Phi) is 4.44. The van der Waals surface area contributed by atoms with E-state index in [9.17, 15) is 10.1 Å². The van der Waals surface area contributed by atoms with Gasteiger partial charge in [-0.3, -0.25) is 10.1 Å². The van der Waals surface area contributed by atoms with Crippen molar-refractivity contribution in [1.82, 2.24) is 5.32 Å². The van der Waals surface area contributed by atoms with Crippen molar-refractivity contribution >= 4 is 11.4 Å². The van der Waals surface area contributed by atoms with E-state index < -0.39 is 0 Å². The van der Waals surface area contributed by atoms with E-state index in [1.54, 1.807) is 12.1 Å². The molecule has 1 aliphatic rings. The summed E-state index contributed by atoms with van der Waals surface area (Å²) < 4.78 is 5.40. The molecule has 1 aromatic rings. The van der Waals surface area contributed by atoms with Crippen LogP contribution in [0.1, 0.15) is 20.8 Å². The van der Waals surface area contributed by atoms with E-state index in [2.05, 4.69) is 24.1 Å². The van der Waals surface area contributed by atoms with E-state index in [4.69, 9.17) is 4.74 Å². The van der Waals surface area contributed by atoms with E-state index in [1.807, 2.05) is 13.0 Å². The van der Waals surface area contributed by atoms with Gasteiger partial charge in [-0.05, 0) is 32.9 Å². The largest absolute Gasteiger partial charge is 0.487 e. The van der Waals surface area contributed by atoms with Gasteiger partial charge in [-0.2, -0.15) is 0 Å². The Balaban J connectivity index is 2.39. The molecule has 6 nitrogen and oxygen atoms in total. The number of rotatable bonds is 4. The number of nitro groups is 1. The van der Waals surface area contributed by atoms with Gasteiger partial charge in [0.1, 0.15) is 5.69 Å². The van der Waals surface area contributed by atoms with Gasteiger partial charge in [0.15, 0.2) is 5.75 Å². The smallest absolute Gasteiger partial charge is 0.333 e. The third kappa shape index (κ3) is 3.01. The van der Waals surface area contributed by atoms with Gasteiger partial charge < -0.3 is 15.0 Å². The molecular formula is C14H21N3O3. The SMILES string of the molecule is CCOc1cccc(N2CC(C)NC(C)C2)c1[N+](=O)[O-]. The van der Waals surface area contributed by atoms with E-state index in [0.717, 1.165) is 13.1 Å². The minimum Gasteiger partial charge on any atom is -0.487 e. The van der Waals surface area contributed by atoms with Crippen LogP contribution in [0.4, 0.5) is 11.4 Å². The summed E-state index contributed by atoms with van der Waals surface area (Å²) in [5, 5.41) is 14.8. The average molecular weight is 279 g/mol. The lowest BCUT2D eigenvalue weighted by atomic mass is 10.1. The zero-order chi connectivity index (χ0) is 14.7. The van der Waals surface area contributed by atoms with Crippen LogP contribution >= 0.6 is 0 Å². The molecular weight excluding hydrogens is 258 g/mol. The summed E-state index contributed by atoms with van der Waals surface area (Å²) in [7, 11) is 0. The molecule has 110 valence electrons. The van der Waals surface area contributed by atoms with Crippen LogP contribution in [-0.2, 0) is 0 Å². The standard InChI is InChI=1S/C14H21N3O3/c1-4-20-13-7-5-6-12(14(13)17(18)19)16-8-10(2)15-11(3)9-16/h5-7,10-11,15H,4,8-9H2,1-3H3. The summed E-state index contributed by atoms with van der Waals surface area (Å²) in [5.41, 5.74) is 0.705. The Bertz CT molecular complexity index is 483. The number of anilines is 1. The van der Waals surface area contributed by atoms with E-state index >= 15 is 0 Å². The first-order valence-electron chi connectivity index (χ1n) is 6.94. The highest BCUT2D eigenvalue weighted by molar-refractivity contribution is 5.70. The summed E-state index contributed by atoms with van der Waals surface area (Å²) >= 11 is 0. The maximum atomic E-state index is 11.4. The monoisotopic (exact) mass is 279 g/mol. The molecule has 6 heteroatoms. The van der Waals surface area contributed by atoms with Crippen LogP contribution in [0, 0.1) is 10.1 Å². The highest BCUT2D eigenvalue weighted by Crippen LogP contribution is 2.37. The van der Waals surface area contributed by atoms with Crippen molar-refractivity contribution < 1.29 is 9.66 Å². The van der Waals surface area contributed by atoms with Crippen molar-refractivity contribution in [2.24, 2.45) is 0 Å². The number of nitro benzene ring substituents is 1. The zero-order valence-electron chi connectivity index (χ0n) is 12.1. The molecule has 1 aromatic carbocycles. The Labute approximate surface area is 118 Å². The Hall–Kier alpha value is -1.82. The van der Waals surface area contributed by atoms with Crippen LogP contribution < -0.4 is 15.0 Å². The summed E-state index contributed by atoms with van der Waals surface area (Å²) in [6.45, 7) is 7.91. The molecule has 0 spiro atoms. The molecule has 1 N–H and O–H groups in total. The van der Waals surface area contributed by atoms with E-state index in [0.29, 0.717) is 30.1 Å². The highest BCUT2D eigenvalue weighted by Gasteiger charge is 2.29. The Morgan fingerprint density at radius 2 is 2.05 bits per heavy atom. The molecule has 2 rings (SSSR count). The predicted molar refractivity (Wildman–Crippen MR) is 78.5 cm³/mol. The number of hydrogen-bond donors (Lipinski definition) is 1. The fourth-order valence-corrected chi connectivity index (χ4v) is 2.74. The van der Waals surface area contributed by atoms with Crippen molar-refractivity contribution in [1.29, 1.82) is 0 Å². The van der Waals surface area contributed by atoms with Gasteiger partial charge in [-0.25, -0.2) is 0 Å². The minimum atomic E-state index is -0.350. The van der Waals surface area contributed by atoms with Crippen LogP contribution in [0.3, 0.4) is 0 Å². The summed E-state index contributed by atoms with van der Waals surface area (Å²) in [6.07, 6.45) is 0. The topological polar surface area (TPSA) is 67.6 Å². The molecule has 1 fully saturated rings. The van der Waals surface area contributed by atoms with Crippen molar-refractivity contribution in [3.05, 3.63) is 28.3 Å². The fourth-order valence-electron chi connectivity index (χ4n) is 2.74. The van der Waals surface area contributed by atoms with Crippen molar-refractivity contribution in [3.63, 3.8) is 0 Å². The highest BCUT2D eigenvalue weighted by atomic mass is 16.6. The molecule has 0 bridgehead atoms. The Morgan fingerprint density at radius 1 is 1.40 bits per heavy atom. The minimum absolute atomic E-state index is 0.0654. The number of nitrogens with zero attached hydrogens (tertiary/aromatic N) is 2. The second kappa shape index (κ2) is 6.09. The molecule has 0 saturated carbocycles. The van der Waals surface area contributed by atoms with Crippen LogP contribution in [0.5, 0.6) is 5.75 Å². The first-order valence-corrected chi connectivity index (χ1v) is 6.94. The van der Waals surface area contributed by atoms with Gasteiger partial charge in [0.25, 0.3) is 0 Å². The van der Waals surface area contributed by atoms with Gasteiger partial charge in [0, 0.05) is 25.2 Å². The predicted octanol–water partition coefficient (Wildman–Crippen LogP) is 2.18. The van der Waals surface area contributed by atoms with Gasteiger partial charge >= 0.3 is 5.69 Å². The lowest BCUT2D eigenvalue weighted by Crippen LogP contribution is -2.54. The van der Waals surface area contributed by atoms with Crippen LogP contribution in [0.25, 0.3) is 0 Å². The number of piperazine rings is 1. The van der Waals surface area contributed by atoms with Gasteiger partial charge in [0.05, 0.1) is 11.5 Å². The maximum Gasteiger partial charge on any atom is 0.333 e. The summed E-state index contributed by atoms with van der Waals surface area (Å²) in [6, 6.07) is 5.86. The molecule has 1 aliphatic heterocycles. The number of ether oxygens (including phenoxy) is 1. The first-order chi connectivity index (χ1) is 9.52. The third-order valence-corrected chi connectivity index (χ3v) is 3.36. The molecule has 1 saturated heterocycles. The molecule has 0 aromatic heterocycles. The normalized spacial score (nSPS) is 22.6.